The molecule has 0 saturated carbocycles. The zero-order chi connectivity index (χ0) is 11.8. The van der Waals surface area contributed by atoms with E-state index in [4.69, 9.17) is 0 Å². The molecule has 2 fully saturated rings. The van der Waals surface area contributed by atoms with E-state index >= 15 is 0 Å². The number of nitrogens with zero attached hydrogens (tertiary/aromatic N) is 2. The van der Waals surface area contributed by atoms with Crippen molar-refractivity contribution in [3.63, 3.8) is 0 Å². The van der Waals surface area contributed by atoms with Gasteiger partial charge in [-0.1, -0.05) is 0 Å². The molecule has 16 heavy (non-hydrogen) atoms. The number of piperidine rings is 1. The molecule has 4 nitrogen and oxygen atoms in total. The predicted octanol–water partition coefficient (Wildman–Crippen LogP) is 0.291. The normalized spacial score (nSPS) is 30.8. The van der Waals surface area contributed by atoms with E-state index in [0.717, 1.165) is 38.9 Å². The second-order valence-corrected chi connectivity index (χ2v) is 5.64. The predicted molar refractivity (Wildman–Crippen MR) is 64.3 cm³/mol. The second kappa shape index (κ2) is 4.34. The van der Waals surface area contributed by atoms with Crippen LogP contribution in [0, 0.1) is 0 Å². The van der Waals surface area contributed by atoms with Crippen molar-refractivity contribution in [1.82, 2.24) is 15.1 Å². The van der Waals surface area contributed by atoms with Gasteiger partial charge in [0.15, 0.2) is 0 Å². The monoisotopic (exact) mass is 225 g/mol. The Labute approximate surface area is 98.0 Å². The average Bonchev–Trinajstić information content (AvgIpc) is 2.20. The molecule has 1 amide bonds. The third kappa shape index (κ3) is 2.38. The van der Waals surface area contributed by atoms with Crippen LogP contribution in [0.3, 0.4) is 0 Å². The summed E-state index contributed by atoms with van der Waals surface area (Å²) in [6.45, 7) is 5.39. The van der Waals surface area contributed by atoms with Crippen LogP contribution in [0.5, 0.6) is 0 Å². The Morgan fingerprint density at radius 2 is 1.88 bits per heavy atom. The summed E-state index contributed by atoms with van der Waals surface area (Å²) in [6.07, 6.45) is 3.13. The minimum atomic E-state index is 0.0139. The van der Waals surface area contributed by atoms with Gasteiger partial charge < -0.3 is 10.2 Å². The number of hydrogen-bond acceptors (Lipinski definition) is 3. The van der Waals surface area contributed by atoms with Crippen LogP contribution in [0.15, 0.2) is 0 Å². The molecule has 92 valence electrons. The van der Waals surface area contributed by atoms with Crippen LogP contribution in [0.4, 0.5) is 0 Å². The Morgan fingerprint density at radius 1 is 1.25 bits per heavy atom. The fraction of sp³-hybridized carbons (Fsp3) is 0.917. The van der Waals surface area contributed by atoms with Crippen LogP contribution in [0.2, 0.25) is 0 Å². The summed E-state index contributed by atoms with van der Waals surface area (Å²) in [5, 5.41) is 3.24. The Morgan fingerprint density at radius 3 is 2.31 bits per heavy atom. The average molecular weight is 225 g/mol. The van der Waals surface area contributed by atoms with Crippen LogP contribution in [-0.2, 0) is 4.79 Å². The smallest absolute Gasteiger partial charge is 0.237 e. The number of likely N-dealkylation sites (N-methyl/N-ethyl adjacent to an activating group) is 1. The van der Waals surface area contributed by atoms with E-state index in [1.807, 2.05) is 7.05 Å². The van der Waals surface area contributed by atoms with Crippen molar-refractivity contribution in [3.8, 4) is 0 Å². The van der Waals surface area contributed by atoms with Gasteiger partial charge in [0.1, 0.15) is 0 Å². The molecule has 0 aliphatic carbocycles. The summed E-state index contributed by atoms with van der Waals surface area (Å²) in [5.41, 5.74) is 0.0139. The first-order valence-electron chi connectivity index (χ1n) is 6.21. The molecule has 2 rings (SSSR count). The van der Waals surface area contributed by atoms with E-state index in [2.05, 4.69) is 29.1 Å². The minimum absolute atomic E-state index is 0.0139. The Hall–Kier alpha value is -0.610. The first-order chi connectivity index (χ1) is 7.50. The summed E-state index contributed by atoms with van der Waals surface area (Å²) in [6, 6.07) is 0.122. The highest BCUT2D eigenvalue weighted by Gasteiger charge is 2.36. The second-order valence-electron chi connectivity index (χ2n) is 5.64. The fourth-order valence-electron chi connectivity index (χ4n) is 2.47. The lowest BCUT2D eigenvalue weighted by Crippen LogP contribution is -2.60. The van der Waals surface area contributed by atoms with Gasteiger partial charge in [0, 0.05) is 25.2 Å². The third-order valence-corrected chi connectivity index (χ3v) is 4.11. The van der Waals surface area contributed by atoms with Crippen molar-refractivity contribution in [3.05, 3.63) is 0 Å². The molecular weight excluding hydrogens is 202 g/mol. The van der Waals surface area contributed by atoms with E-state index < -0.39 is 0 Å². The summed E-state index contributed by atoms with van der Waals surface area (Å²) in [5.74, 6) is 0.223. The zero-order valence-corrected chi connectivity index (χ0v) is 10.6. The molecule has 0 bridgehead atoms. The molecule has 0 aromatic heterocycles. The molecular formula is C12H23N3O. The third-order valence-electron chi connectivity index (χ3n) is 4.11. The Kier molecular flexibility index (Phi) is 3.22. The maximum Gasteiger partial charge on any atom is 0.237 e. The van der Waals surface area contributed by atoms with Gasteiger partial charge in [0.25, 0.3) is 0 Å². The van der Waals surface area contributed by atoms with Gasteiger partial charge in [-0.05, 0) is 40.3 Å². The number of rotatable bonds is 2. The van der Waals surface area contributed by atoms with Crippen molar-refractivity contribution in [1.29, 1.82) is 0 Å². The van der Waals surface area contributed by atoms with Gasteiger partial charge in [-0.3, -0.25) is 9.69 Å². The first kappa shape index (κ1) is 11.9. The number of amides is 1. The molecule has 1 atom stereocenters. The van der Waals surface area contributed by atoms with E-state index in [1.165, 1.54) is 0 Å². The first-order valence-corrected chi connectivity index (χ1v) is 6.21. The van der Waals surface area contributed by atoms with Crippen LogP contribution >= 0.6 is 0 Å². The lowest BCUT2D eigenvalue weighted by molar-refractivity contribution is -0.132. The maximum atomic E-state index is 12.0. The van der Waals surface area contributed by atoms with E-state index in [0.29, 0.717) is 0 Å². The summed E-state index contributed by atoms with van der Waals surface area (Å²) >= 11 is 0. The van der Waals surface area contributed by atoms with Crippen molar-refractivity contribution in [2.75, 3.05) is 33.7 Å². The molecule has 2 saturated heterocycles. The van der Waals surface area contributed by atoms with Crippen LogP contribution < -0.4 is 5.32 Å². The van der Waals surface area contributed by atoms with Gasteiger partial charge in [-0.15, -0.1) is 0 Å². The van der Waals surface area contributed by atoms with E-state index in [-0.39, 0.29) is 17.5 Å². The number of carbonyl (C=O) groups excluding carboxylic acids is 1. The molecule has 0 aromatic rings. The molecule has 2 heterocycles. The number of nitrogens with one attached hydrogen (secondary N) is 1. The molecule has 1 N–H and O–H groups in total. The molecule has 4 heteroatoms. The lowest BCUT2D eigenvalue weighted by Gasteiger charge is -2.42. The Bertz CT molecular complexity index is 271. The molecule has 0 radical (unpaired) electrons. The van der Waals surface area contributed by atoms with E-state index in [9.17, 15) is 4.79 Å². The highest BCUT2D eigenvalue weighted by Crippen LogP contribution is 2.22. The SMILES string of the molecule is CN1CCC(C)(NC(=O)C2CCN2C)CC1. The van der Waals surface area contributed by atoms with E-state index in [1.54, 1.807) is 0 Å². The van der Waals surface area contributed by atoms with Gasteiger partial charge in [0.2, 0.25) is 5.91 Å². The lowest BCUT2D eigenvalue weighted by atomic mass is 9.89. The fourth-order valence-corrected chi connectivity index (χ4v) is 2.47. The maximum absolute atomic E-state index is 12.0. The van der Waals surface area contributed by atoms with Crippen LogP contribution in [0.1, 0.15) is 26.2 Å². The van der Waals surface area contributed by atoms with Crippen molar-refractivity contribution >= 4 is 5.91 Å². The Balaban J connectivity index is 1.86. The molecule has 0 spiro atoms. The number of carbonyl (C=O) groups is 1. The highest BCUT2D eigenvalue weighted by molar-refractivity contribution is 5.83. The molecule has 2 aliphatic heterocycles. The van der Waals surface area contributed by atoms with Crippen molar-refractivity contribution in [2.24, 2.45) is 0 Å². The highest BCUT2D eigenvalue weighted by atomic mass is 16.2. The van der Waals surface area contributed by atoms with Crippen molar-refractivity contribution in [2.45, 2.75) is 37.8 Å². The zero-order valence-electron chi connectivity index (χ0n) is 10.6. The topological polar surface area (TPSA) is 35.6 Å². The summed E-state index contributed by atoms with van der Waals surface area (Å²) in [4.78, 5) is 16.5. The number of likely N-dealkylation sites (tertiary alicyclic amines) is 2. The van der Waals surface area contributed by atoms with Gasteiger partial charge in [-0.25, -0.2) is 0 Å². The van der Waals surface area contributed by atoms with Gasteiger partial charge in [-0.2, -0.15) is 0 Å². The standard InChI is InChI=1S/C12H23N3O/c1-12(5-8-14(2)9-6-12)13-11(16)10-4-7-15(10)3/h10H,4-9H2,1-3H3,(H,13,16). The van der Waals surface area contributed by atoms with Crippen molar-refractivity contribution < 1.29 is 4.79 Å². The summed E-state index contributed by atoms with van der Waals surface area (Å²) in [7, 11) is 4.16. The minimum Gasteiger partial charge on any atom is -0.349 e. The number of hydrogen-bond donors (Lipinski definition) is 1. The summed E-state index contributed by atoms with van der Waals surface area (Å²) < 4.78 is 0. The molecule has 0 aromatic carbocycles. The van der Waals surface area contributed by atoms with Gasteiger partial charge in [0.05, 0.1) is 6.04 Å². The van der Waals surface area contributed by atoms with Crippen LogP contribution in [-0.4, -0.2) is 61.0 Å². The van der Waals surface area contributed by atoms with Gasteiger partial charge >= 0.3 is 0 Å². The molecule has 1 unspecified atom stereocenters. The molecule has 2 aliphatic rings. The van der Waals surface area contributed by atoms with Crippen LogP contribution in [0.25, 0.3) is 0 Å². The quantitative estimate of drug-likeness (QED) is 0.734. The largest absolute Gasteiger partial charge is 0.349 e.